The number of hydrogen-bond acceptors (Lipinski definition) is 4. The molecule has 2 aromatic carbocycles. The lowest BCUT2D eigenvalue weighted by Gasteiger charge is -2.30. The second-order valence-electron chi connectivity index (χ2n) is 9.22. The van der Waals surface area contributed by atoms with E-state index >= 15 is 0 Å². The van der Waals surface area contributed by atoms with Gasteiger partial charge in [-0.2, -0.15) is 0 Å². The number of nitrogens with zero attached hydrogens (tertiary/aromatic N) is 2. The van der Waals surface area contributed by atoms with Crippen LogP contribution in [0.3, 0.4) is 0 Å². The minimum Gasteiger partial charge on any atom is -0.481 e. The smallest absolute Gasteiger partial charge is 0.410 e. The van der Waals surface area contributed by atoms with Crippen molar-refractivity contribution in [3.63, 3.8) is 0 Å². The van der Waals surface area contributed by atoms with Crippen LogP contribution in [-0.4, -0.2) is 53.2 Å². The molecule has 1 N–H and O–H groups in total. The van der Waals surface area contributed by atoms with E-state index in [-0.39, 0.29) is 18.4 Å². The number of ether oxygens (including phenoxy) is 1. The lowest BCUT2D eigenvalue weighted by atomic mass is 9.92. The van der Waals surface area contributed by atoms with Crippen molar-refractivity contribution in [2.24, 2.45) is 0 Å². The van der Waals surface area contributed by atoms with Crippen molar-refractivity contribution in [3.05, 3.63) is 47.5 Å². The van der Waals surface area contributed by atoms with Crippen molar-refractivity contribution in [1.29, 1.82) is 0 Å². The number of carboxylic acids is 1. The lowest BCUT2D eigenvalue weighted by molar-refractivity contribution is -0.137. The van der Waals surface area contributed by atoms with E-state index < -0.39 is 11.6 Å². The molecule has 2 aromatic rings. The number of carbonyl (C=O) groups excluding carboxylic acids is 2. The van der Waals surface area contributed by atoms with Gasteiger partial charge < -0.3 is 19.6 Å². The van der Waals surface area contributed by atoms with Crippen LogP contribution in [0, 0.1) is 0 Å². The Morgan fingerprint density at radius 3 is 2.53 bits per heavy atom. The topological polar surface area (TPSA) is 87.2 Å². The Hall–Kier alpha value is -3.35. The molecule has 4 rings (SSSR count). The van der Waals surface area contributed by atoms with E-state index in [4.69, 9.17) is 9.84 Å². The number of hydrogen-bond donors (Lipinski definition) is 1. The van der Waals surface area contributed by atoms with Gasteiger partial charge in [0.05, 0.1) is 5.69 Å². The van der Waals surface area contributed by atoms with Gasteiger partial charge in [-0.05, 0) is 62.3 Å². The molecule has 0 atom stereocenters. The van der Waals surface area contributed by atoms with Gasteiger partial charge in [0.15, 0.2) is 0 Å². The third kappa shape index (κ3) is 4.20. The average molecular weight is 437 g/mol. The largest absolute Gasteiger partial charge is 0.481 e. The van der Waals surface area contributed by atoms with Crippen LogP contribution in [0.15, 0.2) is 36.4 Å². The zero-order valence-electron chi connectivity index (χ0n) is 18.7. The third-order valence-corrected chi connectivity index (χ3v) is 5.76. The fraction of sp³-hybridized carbons (Fsp3) is 0.400. The highest BCUT2D eigenvalue weighted by Gasteiger charge is 2.31. The van der Waals surface area contributed by atoms with E-state index in [9.17, 15) is 14.4 Å². The summed E-state index contributed by atoms with van der Waals surface area (Å²) in [7, 11) is 0. The molecule has 2 amide bonds. The minimum atomic E-state index is -0.862. The number of aliphatic carboxylic acids is 1. The number of amides is 2. The van der Waals surface area contributed by atoms with Crippen LogP contribution < -0.4 is 4.90 Å². The van der Waals surface area contributed by atoms with Gasteiger partial charge in [-0.25, -0.2) is 4.79 Å². The van der Waals surface area contributed by atoms with E-state index in [1.165, 1.54) is 0 Å². The van der Waals surface area contributed by atoms with Gasteiger partial charge >= 0.3 is 12.1 Å². The highest BCUT2D eigenvalue weighted by molar-refractivity contribution is 6.26. The van der Waals surface area contributed by atoms with Crippen LogP contribution in [0.2, 0.25) is 0 Å². The molecule has 0 radical (unpaired) electrons. The first-order chi connectivity index (χ1) is 15.2. The molecule has 7 nitrogen and oxygen atoms in total. The maximum atomic E-state index is 13.0. The fourth-order valence-corrected chi connectivity index (χ4v) is 4.34. The van der Waals surface area contributed by atoms with E-state index in [1.807, 2.05) is 51.1 Å². The molecule has 32 heavy (non-hydrogen) atoms. The van der Waals surface area contributed by atoms with Crippen LogP contribution in [-0.2, 0) is 9.53 Å². The van der Waals surface area contributed by atoms with Gasteiger partial charge in [0.1, 0.15) is 5.60 Å². The summed E-state index contributed by atoms with van der Waals surface area (Å²) in [6.45, 7) is 7.00. The summed E-state index contributed by atoms with van der Waals surface area (Å²) in [6, 6.07) is 9.72. The van der Waals surface area contributed by atoms with Gasteiger partial charge in [-0.15, -0.1) is 0 Å². The molecule has 0 aliphatic carbocycles. The van der Waals surface area contributed by atoms with Crippen molar-refractivity contribution in [2.45, 2.75) is 45.6 Å². The van der Waals surface area contributed by atoms with Crippen molar-refractivity contribution in [2.75, 3.05) is 24.5 Å². The minimum absolute atomic E-state index is 0.0301. The van der Waals surface area contributed by atoms with Crippen molar-refractivity contribution >= 4 is 40.0 Å². The normalized spacial score (nSPS) is 15.8. The first-order valence-corrected chi connectivity index (χ1v) is 10.9. The summed E-state index contributed by atoms with van der Waals surface area (Å²) < 4.78 is 5.48. The maximum Gasteiger partial charge on any atom is 0.410 e. The molecule has 0 fully saturated rings. The quantitative estimate of drug-likeness (QED) is 0.735. The van der Waals surface area contributed by atoms with Gasteiger partial charge in [0.25, 0.3) is 5.91 Å². The second kappa shape index (κ2) is 8.30. The summed E-state index contributed by atoms with van der Waals surface area (Å²) in [5.74, 6) is -0.943. The number of anilines is 1. The fourth-order valence-electron chi connectivity index (χ4n) is 4.34. The zero-order valence-corrected chi connectivity index (χ0v) is 18.7. The lowest BCUT2D eigenvalue weighted by Crippen LogP contribution is -2.39. The van der Waals surface area contributed by atoms with E-state index in [1.54, 1.807) is 9.80 Å². The standard InChI is InChI=1S/C25H28N2O5/c1-25(2,3)32-24(31)26-14-11-16(12-15-26)17-9-10-19-22-18(17)6-4-7-20(22)27(23(19)30)13-5-8-21(28)29/h4,6-7,9-11H,5,8,12-15H2,1-3H3,(H,28,29). The summed E-state index contributed by atoms with van der Waals surface area (Å²) in [5, 5.41) is 10.8. The molecule has 2 aliphatic rings. The van der Waals surface area contributed by atoms with E-state index in [0.717, 1.165) is 27.6 Å². The number of carboxylic acid groups (broad SMARTS) is 1. The zero-order chi connectivity index (χ0) is 23.0. The summed E-state index contributed by atoms with van der Waals surface area (Å²) in [4.78, 5) is 39.6. The maximum absolute atomic E-state index is 13.0. The average Bonchev–Trinajstić information content (AvgIpc) is 3.00. The monoisotopic (exact) mass is 436 g/mol. The van der Waals surface area contributed by atoms with Crippen molar-refractivity contribution in [1.82, 2.24) is 4.90 Å². The Morgan fingerprint density at radius 1 is 1.12 bits per heavy atom. The molecular formula is C25H28N2O5. The molecule has 0 bridgehead atoms. The van der Waals surface area contributed by atoms with E-state index in [0.29, 0.717) is 38.0 Å². The Balaban J connectivity index is 1.60. The first-order valence-electron chi connectivity index (χ1n) is 10.9. The van der Waals surface area contributed by atoms with Gasteiger partial charge in [0.2, 0.25) is 0 Å². The Labute approximate surface area is 187 Å². The predicted octanol–water partition coefficient (Wildman–Crippen LogP) is 4.69. The Kier molecular flexibility index (Phi) is 5.67. The molecule has 0 saturated heterocycles. The Bertz CT molecular complexity index is 1130. The number of rotatable bonds is 5. The van der Waals surface area contributed by atoms with Crippen LogP contribution in [0.1, 0.15) is 56.0 Å². The highest BCUT2D eigenvalue weighted by Crippen LogP contribution is 2.41. The van der Waals surface area contributed by atoms with Gasteiger partial charge in [-0.3, -0.25) is 9.59 Å². The van der Waals surface area contributed by atoms with Gasteiger partial charge in [0, 0.05) is 37.0 Å². The van der Waals surface area contributed by atoms with Crippen LogP contribution in [0.4, 0.5) is 10.5 Å². The van der Waals surface area contributed by atoms with Crippen LogP contribution in [0.5, 0.6) is 0 Å². The molecule has 0 spiro atoms. The highest BCUT2D eigenvalue weighted by atomic mass is 16.6. The first kappa shape index (κ1) is 21.9. The number of carbonyl (C=O) groups is 3. The SMILES string of the molecule is CC(C)(C)OC(=O)N1CC=C(c2ccc3c4c(cccc24)N(CCCC(=O)O)C3=O)CC1. The molecule has 168 valence electrons. The summed E-state index contributed by atoms with van der Waals surface area (Å²) in [6.07, 6.45) is 2.88. The Morgan fingerprint density at radius 2 is 1.88 bits per heavy atom. The van der Waals surface area contributed by atoms with Gasteiger partial charge in [-0.1, -0.05) is 24.3 Å². The molecular weight excluding hydrogens is 408 g/mol. The van der Waals surface area contributed by atoms with Crippen LogP contribution in [0.25, 0.3) is 16.3 Å². The summed E-state index contributed by atoms with van der Waals surface area (Å²) in [5.41, 5.74) is 3.17. The third-order valence-electron chi connectivity index (χ3n) is 5.76. The molecule has 0 aromatic heterocycles. The van der Waals surface area contributed by atoms with Crippen molar-refractivity contribution < 1.29 is 24.2 Å². The van der Waals surface area contributed by atoms with Crippen LogP contribution >= 0.6 is 0 Å². The van der Waals surface area contributed by atoms with E-state index in [2.05, 4.69) is 6.08 Å². The molecule has 0 saturated carbocycles. The molecule has 2 heterocycles. The summed E-state index contributed by atoms with van der Waals surface area (Å²) >= 11 is 0. The van der Waals surface area contributed by atoms with Crippen molar-refractivity contribution in [3.8, 4) is 0 Å². The molecule has 0 unspecified atom stereocenters. The predicted molar refractivity (Wildman–Crippen MR) is 123 cm³/mol. The second-order valence-corrected chi connectivity index (χ2v) is 9.22. The molecule has 2 aliphatic heterocycles. The number of benzene rings is 2. The molecule has 7 heteroatoms.